The van der Waals surface area contributed by atoms with E-state index >= 15 is 0 Å². The third-order valence-electron chi connectivity index (χ3n) is 4.59. The second-order valence-electron chi connectivity index (χ2n) is 7.71. The summed E-state index contributed by atoms with van der Waals surface area (Å²) in [5.74, 6) is 0.546. The van der Waals surface area contributed by atoms with Gasteiger partial charge in [0, 0.05) is 29.5 Å². The van der Waals surface area contributed by atoms with Gasteiger partial charge in [-0.05, 0) is 62.2 Å². The monoisotopic (exact) mass is 431 g/mol. The first-order valence-electron chi connectivity index (χ1n) is 10.7. The van der Waals surface area contributed by atoms with E-state index in [2.05, 4.69) is 16.0 Å². The fourth-order valence-corrected chi connectivity index (χ4v) is 3.10. The molecule has 32 heavy (non-hydrogen) atoms. The van der Waals surface area contributed by atoms with Gasteiger partial charge >= 0.3 is 0 Å². The molecule has 0 unspecified atom stereocenters. The first-order valence-corrected chi connectivity index (χ1v) is 10.7. The maximum absolute atomic E-state index is 12.3. The number of anilines is 3. The van der Waals surface area contributed by atoms with Crippen molar-refractivity contribution >= 4 is 28.9 Å². The van der Waals surface area contributed by atoms with Crippen molar-refractivity contribution in [1.29, 1.82) is 0 Å². The summed E-state index contributed by atoms with van der Waals surface area (Å²) in [6, 6.07) is 24.5. The molecular formula is C26H29N3O3. The second kappa shape index (κ2) is 11.6. The van der Waals surface area contributed by atoms with E-state index in [9.17, 15) is 9.59 Å². The molecule has 0 aromatic heterocycles. The van der Waals surface area contributed by atoms with Gasteiger partial charge in [-0.1, -0.05) is 36.4 Å². The van der Waals surface area contributed by atoms with Gasteiger partial charge < -0.3 is 20.7 Å². The lowest BCUT2D eigenvalue weighted by Gasteiger charge is -2.12. The van der Waals surface area contributed by atoms with Gasteiger partial charge in [0.2, 0.25) is 11.8 Å². The molecule has 0 saturated heterocycles. The average Bonchev–Trinajstić information content (AvgIpc) is 2.78. The molecular weight excluding hydrogens is 402 g/mol. The Labute approximate surface area is 189 Å². The van der Waals surface area contributed by atoms with Crippen molar-refractivity contribution in [2.75, 3.05) is 22.5 Å². The molecule has 166 valence electrons. The van der Waals surface area contributed by atoms with E-state index in [1.807, 2.05) is 68.4 Å². The molecule has 0 aliphatic rings. The van der Waals surface area contributed by atoms with Crippen LogP contribution >= 0.6 is 0 Å². The van der Waals surface area contributed by atoms with Crippen molar-refractivity contribution < 1.29 is 14.3 Å². The van der Waals surface area contributed by atoms with E-state index in [-0.39, 0.29) is 24.5 Å². The maximum atomic E-state index is 12.3. The normalized spacial score (nSPS) is 10.5. The van der Waals surface area contributed by atoms with Gasteiger partial charge in [-0.25, -0.2) is 0 Å². The fourth-order valence-electron chi connectivity index (χ4n) is 3.10. The number of hydrogen-bond donors (Lipinski definition) is 3. The Morgan fingerprint density at radius 3 is 2.09 bits per heavy atom. The highest BCUT2D eigenvalue weighted by atomic mass is 16.5. The number of hydrogen-bond acceptors (Lipinski definition) is 4. The van der Waals surface area contributed by atoms with Crippen LogP contribution in [0.2, 0.25) is 0 Å². The minimum absolute atomic E-state index is 0.0430. The van der Waals surface area contributed by atoms with Crippen LogP contribution in [-0.4, -0.2) is 24.5 Å². The van der Waals surface area contributed by atoms with Gasteiger partial charge in [-0.2, -0.15) is 0 Å². The van der Waals surface area contributed by atoms with Crippen molar-refractivity contribution in [2.24, 2.45) is 0 Å². The van der Waals surface area contributed by atoms with Gasteiger partial charge in [-0.3, -0.25) is 9.59 Å². The zero-order valence-corrected chi connectivity index (χ0v) is 18.4. The molecule has 3 aromatic carbocycles. The number of ether oxygens (including phenoxy) is 1. The lowest BCUT2D eigenvalue weighted by Crippen LogP contribution is -2.21. The van der Waals surface area contributed by atoms with Crippen LogP contribution in [0.25, 0.3) is 0 Å². The highest BCUT2D eigenvalue weighted by Gasteiger charge is 2.06. The molecule has 6 heteroatoms. The molecule has 0 radical (unpaired) electrons. The van der Waals surface area contributed by atoms with Gasteiger partial charge in [0.25, 0.3) is 0 Å². The van der Waals surface area contributed by atoms with Crippen LogP contribution in [0.15, 0.2) is 78.9 Å². The SMILES string of the molecule is CC(C)Oc1cccc(NCC(=O)Nc2ccc(NC(=O)CCc3ccccc3)cc2)c1. The molecule has 0 fully saturated rings. The van der Waals surface area contributed by atoms with E-state index in [1.165, 1.54) is 0 Å². The summed E-state index contributed by atoms with van der Waals surface area (Å²) in [4.78, 5) is 24.4. The molecule has 0 atom stereocenters. The molecule has 0 aliphatic heterocycles. The van der Waals surface area contributed by atoms with E-state index in [4.69, 9.17) is 4.74 Å². The van der Waals surface area contributed by atoms with E-state index < -0.39 is 0 Å². The zero-order chi connectivity index (χ0) is 22.8. The molecule has 0 bridgehead atoms. The minimum atomic E-state index is -0.167. The fraction of sp³-hybridized carbons (Fsp3) is 0.231. The Hall–Kier alpha value is -3.80. The Bertz CT molecular complexity index is 1020. The second-order valence-corrected chi connectivity index (χ2v) is 7.71. The zero-order valence-electron chi connectivity index (χ0n) is 18.4. The molecule has 0 spiro atoms. The van der Waals surface area contributed by atoms with Crippen molar-refractivity contribution in [1.82, 2.24) is 0 Å². The highest BCUT2D eigenvalue weighted by molar-refractivity contribution is 5.94. The van der Waals surface area contributed by atoms with E-state index in [0.29, 0.717) is 24.2 Å². The lowest BCUT2D eigenvalue weighted by atomic mass is 10.1. The third-order valence-corrected chi connectivity index (χ3v) is 4.59. The number of nitrogens with one attached hydrogen (secondary N) is 3. The Kier molecular flexibility index (Phi) is 8.26. The molecule has 2 amide bonds. The molecule has 0 saturated carbocycles. The summed E-state index contributed by atoms with van der Waals surface area (Å²) in [5.41, 5.74) is 3.30. The Morgan fingerprint density at radius 2 is 1.44 bits per heavy atom. The predicted molar refractivity (Wildman–Crippen MR) is 129 cm³/mol. The van der Waals surface area contributed by atoms with Crippen LogP contribution in [0.1, 0.15) is 25.8 Å². The minimum Gasteiger partial charge on any atom is -0.491 e. The largest absolute Gasteiger partial charge is 0.491 e. The molecule has 6 nitrogen and oxygen atoms in total. The molecule has 0 heterocycles. The van der Waals surface area contributed by atoms with E-state index in [1.54, 1.807) is 24.3 Å². The van der Waals surface area contributed by atoms with Crippen LogP contribution in [0.5, 0.6) is 5.75 Å². The number of aryl methyl sites for hydroxylation is 1. The molecule has 0 aliphatic carbocycles. The highest BCUT2D eigenvalue weighted by Crippen LogP contribution is 2.19. The molecule has 3 rings (SSSR count). The number of carbonyl (C=O) groups excluding carboxylic acids is 2. The first kappa shape index (κ1) is 22.9. The molecule has 3 N–H and O–H groups in total. The number of benzene rings is 3. The number of amides is 2. The van der Waals surface area contributed by atoms with Gasteiger partial charge in [0.1, 0.15) is 5.75 Å². The summed E-state index contributed by atoms with van der Waals surface area (Å²) < 4.78 is 5.66. The summed E-state index contributed by atoms with van der Waals surface area (Å²) in [6.07, 6.45) is 1.20. The van der Waals surface area contributed by atoms with Crippen LogP contribution < -0.4 is 20.7 Å². The third kappa shape index (κ3) is 7.80. The summed E-state index contributed by atoms with van der Waals surface area (Å²) >= 11 is 0. The number of rotatable bonds is 10. The quantitative estimate of drug-likeness (QED) is 0.417. The van der Waals surface area contributed by atoms with Crippen LogP contribution in [0, 0.1) is 0 Å². The standard InChI is InChI=1S/C26H29N3O3/c1-19(2)32-24-10-6-9-23(17-24)27-18-26(31)29-22-14-12-21(13-15-22)28-25(30)16-11-20-7-4-3-5-8-20/h3-10,12-15,17,19,27H,11,16,18H2,1-2H3,(H,28,30)(H,29,31). The van der Waals surface area contributed by atoms with Crippen molar-refractivity contribution in [3.05, 3.63) is 84.4 Å². The summed E-state index contributed by atoms with van der Waals surface area (Å²) in [7, 11) is 0. The smallest absolute Gasteiger partial charge is 0.243 e. The van der Waals surface area contributed by atoms with Crippen molar-refractivity contribution in [3.63, 3.8) is 0 Å². The van der Waals surface area contributed by atoms with Gasteiger partial charge in [0.05, 0.1) is 12.6 Å². The van der Waals surface area contributed by atoms with Crippen LogP contribution in [0.4, 0.5) is 17.1 Å². The lowest BCUT2D eigenvalue weighted by molar-refractivity contribution is -0.116. The number of carbonyl (C=O) groups is 2. The Morgan fingerprint density at radius 1 is 0.781 bits per heavy atom. The van der Waals surface area contributed by atoms with Gasteiger partial charge in [-0.15, -0.1) is 0 Å². The van der Waals surface area contributed by atoms with Crippen LogP contribution in [-0.2, 0) is 16.0 Å². The van der Waals surface area contributed by atoms with Gasteiger partial charge in [0.15, 0.2) is 0 Å². The molecule has 3 aromatic rings. The van der Waals surface area contributed by atoms with Crippen molar-refractivity contribution in [2.45, 2.75) is 32.8 Å². The first-order chi connectivity index (χ1) is 15.5. The summed E-state index contributed by atoms with van der Waals surface area (Å²) in [5, 5.41) is 8.82. The predicted octanol–water partition coefficient (Wildman–Crippen LogP) is 5.10. The Balaban J connectivity index is 1.42. The van der Waals surface area contributed by atoms with Crippen LogP contribution in [0.3, 0.4) is 0 Å². The topological polar surface area (TPSA) is 79.5 Å². The maximum Gasteiger partial charge on any atom is 0.243 e. The van der Waals surface area contributed by atoms with E-state index in [0.717, 1.165) is 17.0 Å². The average molecular weight is 432 g/mol. The van der Waals surface area contributed by atoms with Crippen molar-refractivity contribution in [3.8, 4) is 5.75 Å². The summed E-state index contributed by atoms with van der Waals surface area (Å²) in [6.45, 7) is 4.06.